The van der Waals surface area contributed by atoms with Crippen LogP contribution in [0.15, 0.2) is 200 Å². The Kier molecular flexibility index (Phi) is 8.11. The first-order valence-corrected chi connectivity index (χ1v) is 20.1. The third-order valence-corrected chi connectivity index (χ3v) is 12.5. The van der Waals surface area contributed by atoms with E-state index in [0.29, 0.717) is 0 Å². The van der Waals surface area contributed by atoms with Crippen LogP contribution in [0.5, 0.6) is 0 Å². The lowest BCUT2D eigenvalue weighted by molar-refractivity contribution is 0.314. The van der Waals surface area contributed by atoms with Crippen LogP contribution in [0.3, 0.4) is 0 Å². The lowest BCUT2D eigenvalue weighted by atomic mass is 9.94. The summed E-state index contributed by atoms with van der Waals surface area (Å²) >= 11 is 1.88. The average molecular weight is 739 g/mol. The highest BCUT2D eigenvalue weighted by molar-refractivity contribution is 7.26. The maximum atomic E-state index is 3.92. The number of hydrogen-bond donors (Lipinski definition) is 2. The molecule has 0 saturated carbocycles. The molecule has 1 aromatic heterocycles. The highest BCUT2D eigenvalue weighted by Gasteiger charge is 2.60. The minimum atomic E-state index is 0.0617. The first-order chi connectivity index (χ1) is 27.8. The van der Waals surface area contributed by atoms with Gasteiger partial charge in [-0.25, -0.2) is 0 Å². The van der Waals surface area contributed by atoms with Crippen LogP contribution in [-0.4, -0.2) is 10.0 Å². The zero-order valence-electron chi connectivity index (χ0n) is 30.6. The molecule has 5 atom stereocenters. The molecule has 0 bridgehead atoms. The molecule has 2 N–H and O–H groups in total. The van der Waals surface area contributed by atoms with Crippen molar-refractivity contribution < 1.29 is 0 Å². The third kappa shape index (κ3) is 5.81. The van der Waals surface area contributed by atoms with Gasteiger partial charge in [0.2, 0.25) is 0 Å². The van der Waals surface area contributed by atoms with Gasteiger partial charge in [-0.15, -0.1) is 11.3 Å². The average Bonchev–Trinajstić information content (AvgIpc) is 3.68. The molecule has 3 heterocycles. The van der Waals surface area contributed by atoms with Gasteiger partial charge in [0.05, 0.1) is 0 Å². The van der Waals surface area contributed by atoms with Crippen molar-refractivity contribution in [2.45, 2.75) is 18.5 Å². The SMILES string of the molecule is c1ccc(-c2cccc(-c3cc(-c4cccc5c4sc4ccccc45)ccc3Nc3ccc(C4NC(c5ccccc5)N5C(c6ccccc6)[N@@]45)cc3)c2)cc1. The number of thiophene rings is 1. The molecule has 0 amide bonds. The monoisotopic (exact) mass is 738 g/mol. The number of fused-ring (bicyclic) bond motifs is 4. The summed E-state index contributed by atoms with van der Waals surface area (Å²) in [5, 5.41) is 15.3. The van der Waals surface area contributed by atoms with Crippen molar-refractivity contribution in [3.05, 3.63) is 217 Å². The van der Waals surface area contributed by atoms with Gasteiger partial charge in [-0.2, -0.15) is 10.0 Å². The number of nitrogens with zero attached hydrogens (tertiary/aromatic N) is 2. The molecule has 4 unspecified atom stereocenters. The van der Waals surface area contributed by atoms with E-state index in [0.717, 1.165) is 16.9 Å². The molecule has 0 radical (unpaired) electrons. The molecule has 268 valence electrons. The molecular weight excluding hydrogens is 701 g/mol. The lowest BCUT2D eigenvalue weighted by Gasteiger charge is -2.21. The van der Waals surface area contributed by atoms with Crippen molar-refractivity contribution in [3.8, 4) is 33.4 Å². The van der Waals surface area contributed by atoms with E-state index in [4.69, 9.17) is 0 Å². The van der Waals surface area contributed by atoms with E-state index in [-0.39, 0.29) is 18.5 Å². The number of hydrogen-bond acceptors (Lipinski definition) is 5. The van der Waals surface area contributed by atoms with Gasteiger partial charge in [-0.1, -0.05) is 164 Å². The van der Waals surface area contributed by atoms with E-state index in [1.807, 2.05) is 11.3 Å². The summed E-state index contributed by atoms with van der Waals surface area (Å²) in [7, 11) is 0. The summed E-state index contributed by atoms with van der Waals surface area (Å²) in [6.45, 7) is 0. The Labute approximate surface area is 330 Å². The van der Waals surface area contributed by atoms with Gasteiger partial charge >= 0.3 is 0 Å². The van der Waals surface area contributed by atoms with Crippen LogP contribution in [0.25, 0.3) is 53.6 Å². The maximum Gasteiger partial charge on any atom is 0.119 e. The molecule has 0 aliphatic carbocycles. The second-order valence-electron chi connectivity index (χ2n) is 14.7. The summed E-state index contributed by atoms with van der Waals surface area (Å²) in [5.41, 5.74) is 13.2. The van der Waals surface area contributed by atoms with Gasteiger partial charge in [0, 0.05) is 37.1 Å². The quantitative estimate of drug-likeness (QED) is 0.152. The number of benzene rings is 8. The van der Waals surface area contributed by atoms with Crippen molar-refractivity contribution in [2.75, 3.05) is 5.32 Å². The topological polar surface area (TPSA) is 30.1 Å². The van der Waals surface area contributed by atoms with E-state index in [9.17, 15) is 0 Å². The van der Waals surface area contributed by atoms with Gasteiger partial charge in [0.15, 0.2) is 0 Å². The molecule has 2 fully saturated rings. The van der Waals surface area contributed by atoms with E-state index < -0.39 is 0 Å². The smallest absolute Gasteiger partial charge is 0.119 e. The Morgan fingerprint density at radius 2 is 1.02 bits per heavy atom. The summed E-state index contributed by atoms with van der Waals surface area (Å²) in [5.74, 6) is 0. The fraction of sp³-hybridized carbons (Fsp3) is 0.0588. The van der Waals surface area contributed by atoms with Crippen LogP contribution in [0.2, 0.25) is 0 Å². The highest BCUT2D eigenvalue weighted by Crippen LogP contribution is 2.57. The molecule has 56 heavy (non-hydrogen) atoms. The third-order valence-electron chi connectivity index (χ3n) is 11.3. The Balaban J connectivity index is 0.950. The van der Waals surface area contributed by atoms with Gasteiger partial charge < -0.3 is 5.32 Å². The molecule has 8 aromatic carbocycles. The minimum absolute atomic E-state index is 0.0617. The van der Waals surface area contributed by atoms with Gasteiger partial charge in [-0.05, 0) is 80.9 Å². The zero-order valence-corrected chi connectivity index (χ0v) is 31.4. The van der Waals surface area contributed by atoms with E-state index >= 15 is 0 Å². The lowest BCUT2D eigenvalue weighted by Crippen LogP contribution is -2.27. The fourth-order valence-corrected chi connectivity index (χ4v) is 9.79. The fourth-order valence-electron chi connectivity index (χ4n) is 8.55. The first-order valence-electron chi connectivity index (χ1n) is 19.3. The Hall–Kier alpha value is -6.34. The molecule has 4 nitrogen and oxygen atoms in total. The molecule has 5 heteroatoms. The summed E-state index contributed by atoms with van der Waals surface area (Å²) in [6, 6.07) is 72.4. The number of hydrazine groups is 1. The molecule has 2 saturated heterocycles. The Morgan fingerprint density at radius 3 is 1.79 bits per heavy atom. The summed E-state index contributed by atoms with van der Waals surface area (Å²) in [6.07, 6.45) is 0.401. The normalized spacial score (nSPS) is 19.9. The number of anilines is 2. The number of nitrogens with one attached hydrogen (secondary N) is 2. The summed E-state index contributed by atoms with van der Waals surface area (Å²) < 4.78 is 2.64. The molecule has 2 aliphatic heterocycles. The van der Waals surface area contributed by atoms with E-state index in [2.05, 4.69) is 221 Å². The van der Waals surface area contributed by atoms with Gasteiger partial charge in [0.25, 0.3) is 0 Å². The van der Waals surface area contributed by atoms with Crippen molar-refractivity contribution >= 4 is 42.9 Å². The molecule has 2 aliphatic rings. The minimum Gasteiger partial charge on any atom is -0.355 e. The predicted octanol–water partition coefficient (Wildman–Crippen LogP) is 13.3. The Bertz CT molecular complexity index is 2840. The standard InChI is InChI=1S/C51H38N4S/c1-4-14-34(15-5-1)38-20-12-21-39(32-38)45-33-40(42-23-13-24-44-43-22-10-11-25-47(43)56-48(42)44)28-31-46(45)52-41-29-26-36(27-30-41)50-53-49(35-16-6-2-7-17-35)54-51(55(50)54)37-18-8-3-9-19-37/h1-33,49-53H/t49?,50?,51?,54?,55-/m1/s1. The molecule has 11 rings (SSSR count). The number of rotatable bonds is 8. The molecular formula is C51H38N4S. The van der Waals surface area contributed by atoms with Crippen molar-refractivity contribution in [2.24, 2.45) is 0 Å². The largest absolute Gasteiger partial charge is 0.355 e. The van der Waals surface area contributed by atoms with Crippen LogP contribution >= 0.6 is 11.3 Å². The zero-order chi connectivity index (χ0) is 37.0. The van der Waals surface area contributed by atoms with E-state index in [1.54, 1.807) is 0 Å². The van der Waals surface area contributed by atoms with Crippen LogP contribution in [0, 0.1) is 0 Å². The molecule has 9 aromatic rings. The predicted molar refractivity (Wildman–Crippen MR) is 233 cm³/mol. The maximum absolute atomic E-state index is 3.92. The van der Waals surface area contributed by atoms with Crippen LogP contribution in [-0.2, 0) is 0 Å². The van der Waals surface area contributed by atoms with Crippen LogP contribution in [0.4, 0.5) is 11.4 Å². The highest BCUT2D eigenvalue weighted by atomic mass is 32.1. The van der Waals surface area contributed by atoms with Crippen LogP contribution in [0.1, 0.15) is 35.2 Å². The second kappa shape index (κ2) is 13.7. The van der Waals surface area contributed by atoms with Gasteiger partial charge in [0.1, 0.15) is 18.5 Å². The second-order valence-corrected chi connectivity index (χ2v) is 15.7. The Morgan fingerprint density at radius 1 is 0.429 bits per heavy atom. The summed E-state index contributed by atoms with van der Waals surface area (Å²) in [4.78, 5) is 0. The van der Waals surface area contributed by atoms with Crippen molar-refractivity contribution in [1.29, 1.82) is 0 Å². The first kappa shape index (κ1) is 33.0. The van der Waals surface area contributed by atoms with E-state index in [1.165, 1.54) is 64.7 Å². The molecule has 0 spiro atoms. The van der Waals surface area contributed by atoms with Crippen molar-refractivity contribution in [3.63, 3.8) is 0 Å². The van der Waals surface area contributed by atoms with Crippen LogP contribution < -0.4 is 10.6 Å². The van der Waals surface area contributed by atoms with Crippen molar-refractivity contribution in [1.82, 2.24) is 15.3 Å². The van der Waals surface area contributed by atoms with Gasteiger partial charge in [-0.3, -0.25) is 5.32 Å².